The Bertz CT molecular complexity index is 1030. The number of rotatable bonds is 6. The Hall–Kier alpha value is -2.71. The van der Waals surface area contributed by atoms with Gasteiger partial charge in [-0.25, -0.2) is 8.42 Å². The van der Waals surface area contributed by atoms with Crippen LogP contribution in [0.5, 0.6) is 0 Å². The zero-order valence-corrected chi connectivity index (χ0v) is 18.3. The van der Waals surface area contributed by atoms with Crippen molar-refractivity contribution in [2.24, 2.45) is 0 Å². The maximum Gasteiger partial charge on any atom is 0.243 e. The zero-order valence-electron chi connectivity index (χ0n) is 17.5. The van der Waals surface area contributed by atoms with Crippen molar-refractivity contribution in [3.8, 4) is 0 Å². The standard InChI is InChI=1S/C22H27N3O4S/c1-16-7-4-5-8-20(16)21-9-6-14-25(21)22(27)15-24(3)30(28,29)19-12-10-18(11-13-19)23-17(2)26/h4-5,7-8,10-13,21H,6,9,14-15H2,1-3H3,(H,23,26). The molecule has 8 heteroatoms. The second kappa shape index (κ2) is 8.97. The van der Waals surface area contributed by atoms with Crippen molar-refractivity contribution >= 4 is 27.5 Å². The Morgan fingerprint density at radius 2 is 1.80 bits per heavy atom. The normalized spacial score (nSPS) is 16.7. The van der Waals surface area contributed by atoms with Crippen LogP contribution in [0.15, 0.2) is 53.4 Å². The van der Waals surface area contributed by atoms with Crippen LogP contribution in [-0.2, 0) is 19.6 Å². The maximum atomic E-state index is 13.0. The average Bonchev–Trinajstić information content (AvgIpc) is 3.18. The quantitative estimate of drug-likeness (QED) is 0.765. The molecule has 0 aromatic heterocycles. The largest absolute Gasteiger partial charge is 0.335 e. The van der Waals surface area contributed by atoms with E-state index in [1.807, 2.05) is 31.2 Å². The number of anilines is 1. The number of benzene rings is 2. The van der Waals surface area contributed by atoms with Crippen molar-refractivity contribution in [3.05, 3.63) is 59.7 Å². The van der Waals surface area contributed by atoms with Gasteiger partial charge in [-0.05, 0) is 55.2 Å². The van der Waals surface area contributed by atoms with E-state index in [9.17, 15) is 18.0 Å². The van der Waals surface area contributed by atoms with Gasteiger partial charge in [0.2, 0.25) is 21.8 Å². The highest BCUT2D eigenvalue weighted by Gasteiger charge is 2.33. The summed E-state index contributed by atoms with van der Waals surface area (Å²) in [5, 5.41) is 2.60. The topological polar surface area (TPSA) is 86.8 Å². The zero-order chi connectivity index (χ0) is 21.9. The van der Waals surface area contributed by atoms with Crippen LogP contribution < -0.4 is 5.32 Å². The summed E-state index contributed by atoms with van der Waals surface area (Å²) in [5.74, 6) is -0.441. The lowest BCUT2D eigenvalue weighted by atomic mass is 9.99. The molecule has 0 radical (unpaired) electrons. The summed E-state index contributed by atoms with van der Waals surface area (Å²) < 4.78 is 26.9. The van der Waals surface area contributed by atoms with E-state index in [-0.39, 0.29) is 29.3 Å². The van der Waals surface area contributed by atoms with E-state index in [2.05, 4.69) is 5.32 Å². The molecule has 0 aliphatic carbocycles. The molecule has 1 aliphatic rings. The van der Waals surface area contributed by atoms with Crippen LogP contribution in [0.4, 0.5) is 5.69 Å². The fourth-order valence-corrected chi connectivity index (χ4v) is 4.93. The summed E-state index contributed by atoms with van der Waals surface area (Å²) in [6.07, 6.45) is 1.77. The molecule has 1 unspecified atom stereocenters. The van der Waals surface area contributed by atoms with Crippen LogP contribution in [0, 0.1) is 6.92 Å². The van der Waals surface area contributed by atoms with Crippen molar-refractivity contribution in [3.63, 3.8) is 0 Å². The number of likely N-dealkylation sites (N-methyl/N-ethyl adjacent to an activating group) is 1. The molecule has 1 atom stereocenters. The van der Waals surface area contributed by atoms with Crippen molar-refractivity contribution in [1.82, 2.24) is 9.21 Å². The molecule has 1 N–H and O–H groups in total. The van der Waals surface area contributed by atoms with Crippen LogP contribution in [-0.4, -0.2) is 49.6 Å². The van der Waals surface area contributed by atoms with Gasteiger partial charge < -0.3 is 10.2 Å². The third-order valence-corrected chi connectivity index (χ3v) is 7.18. The number of carbonyl (C=O) groups is 2. The lowest BCUT2D eigenvalue weighted by Gasteiger charge is -2.28. The van der Waals surface area contributed by atoms with Crippen molar-refractivity contribution in [2.45, 2.75) is 37.6 Å². The second-order valence-corrected chi connectivity index (χ2v) is 9.61. The fraction of sp³-hybridized carbons (Fsp3) is 0.364. The third kappa shape index (κ3) is 4.71. The molecule has 2 amide bonds. The first kappa shape index (κ1) is 22.0. The molecule has 0 saturated carbocycles. The van der Waals surface area contributed by atoms with E-state index in [1.54, 1.807) is 4.90 Å². The molecule has 2 aromatic rings. The van der Waals surface area contributed by atoms with E-state index in [4.69, 9.17) is 0 Å². The highest BCUT2D eigenvalue weighted by molar-refractivity contribution is 7.89. The predicted octanol–water partition coefficient (Wildman–Crippen LogP) is 2.94. The van der Waals surface area contributed by atoms with Crippen LogP contribution in [0.3, 0.4) is 0 Å². The molecular weight excluding hydrogens is 402 g/mol. The minimum absolute atomic E-state index is 0.0215. The smallest absolute Gasteiger partial charge is 0.243 e. The Labute approximate surface area is 177 Å². The second-order valence-electron chi connectivity index (χ2n) is 7.57. The van der Waals surface area contributed by atoms with Gasteiger partial charge in [0, 0.05) is 26.2 Å². The molecule has 3 rings (SSSR count). The van der Waals surface area contributed by atoms with Gasteiger partial charge in [0.15, 0.2) is 0 Å². The lowest BCUT2D eigenvalue weighted by Crippen LogP contribution is -2.40. The maximum absolute atomic E-state index is 13.0. The highest BCUT2D eigenvalue weighted by Crippen LogP contribution is 2.33. The van der Waals surface area contributed by atoms with Gasteiger partial charge in [0.1, 0.15) is 0 Å². The van der Waals surface area contributed by atoms with Crippen molar-refractivity contribution < 1.29 is 18.0 Å². The van der Waals surface area contributed by atoms with E-state index < -0.39 is 10.0 Å². The lowest BCUT2D eigenvalue weighted by molar-refractivity contribution is -0.132. The van der Waals surface area contributed by atoms with Crippen molar-refractivity contribution in [1.29, 1.82) is 0 Å². The van der Waals surface area contributed by atoms with E-state index in [1.165, 1.54) is 38.2 Å². The Kier molecular flexibility index (Phi) is 6.58. The summed E-state index contributed by atoms with van der Waals surface area (Å²) in [5.41, 5.74) is 2.75. The molecular formula is C22H27N3O4S. The predicted molar refractivity (Wildman–Crippen MR) is 115 cm³/mol. The number of sulfonamides is 1. The minimum Gasteiger partial charge on any atom is -0.335 e. The first-order valence-corrected chi connectivity index (χ1v) is 11.3. The van der Waals surface area contributed by atoms with Crippen LogP contribution in [0.1, 0.15) is 36.9 Å². The molecule has 1 heterocycles. The summed E-state index contributed by atoms with van der Waals surface area (Å²) in [7, 11) is -2.42. The molecule has 1 saturated heterocycles. The SMILES string of the molecule is CC(=O)Nc1ccc(S(=O)(=O)N(C)CC(=O)N2CCCC2c2ccccc2C)cc1. The molecule has 2 aromatic carbocycles. The van der Waals surface area contributed by atoms with Gasteiger partial charge in [0.05, 0.1) is 17.5 Å². The molecule has 0 bridgehead atoms. The molecule has 1 aliphatic heterocycles. The summed E-state index contributed by atoms with van der Waals surface area (Å²) >= 11 is 0. The number of hydrogen-bond acceptors (Lipinski definition) is 4. The number of aryl methyl sites for hydroxylation is 1. The van der Waals surface area contributed by atoms with Crippen LogP contribution in [0.2, 0.25) is 0 Å². The molecule has 7 nitrogen and oxygen atoms in total. The van der Waals surface area contributed by atoms with Crippen LogP contribution in [0.25, 0.3) is 0 Å². The summed E-state index contributed by atoms with van der Waals surface area (Å²) in [6.45, 7) is 3.80. The number of nitrogens with one attached hydrogen (secondary N) is 1. The number of hydrogen-bond donors (Lipinski definition) is 1. The number of amides is 2. The monoisotopic (exact) mass is 429 g/mol. The van der Waals surface area contributed by atoms with Gasteiger partial charge in [-0.15, -0.1) is 0 Å². The van der Waals surface area contributed by atoms with Crippen molar-refractivity contribution in [2.75, 3.05) is 25.5 Å². The number of nitrogens with zero attached hydrogens (tertiary/aromatic N) is 2. The Balaban J connectivity index is 1.72. The first-order valence-electron chi connectivity index (χ1n) is 9.89. The molecule has 160 valence electrons. The summed E-state index contributed by atoms with van der Waals surface area (Å²) in [4.78, 5) is 26.0. The van der Waals surface area contributed by atoms with E-state index in [0.29, 0.717) is 12.2 Å². The van der Waals surface area contributed by atoms with Gasteiger partial charge in [0.25, 0.3) is 0 Å². The molecule has 30 heavy (non-hydrogen) atoms. The third-order valence-electron chi connectivity index (χ3n) is 5.36. The molecule has 0 spiro atoms. The molecule has 1 fully saturated rings. The first-order chi connectivity index (χ1) is 14.2. The van der Waals surface area contributed by atoms with E-state index in [0.717, 1.165) is 28.3 Å². The van der Waals surface area contributed by atoms with Gasteiger partial charge >= 0.3 is 0 Å². The highest BCUT2D eigenvalue weighted by atomic mass is 32.2. The minimum atomic E-state index is -3.83. The fourth-order valence-electron chi connectivity index (χ4n) is 3.81. The summed E-state index contributed by atoms with van der Waals surface area (Å²) in [6, 6.07) is 13.9. The number of carbonyl (C=O) groups excluding carboxylic acids is 2. The van der Waals surface area contributed by atoms with Gasteiger partial charge in [-0.2, -0.15) is 4.31 Å². The Morgan fingerprint density at radius 3 is 2.43 bits per heavy atom. The van der Waals surface area contributed by atoms with E-state index >= 15 is 0 Å². The number of likely N-dealkylation sites (tertiary alicyclic amines) is 1. The van der Waals surface area contributed by atoms with Gasteiger partial charge in [-0.1, -0.05) is 24.3 Å². The average molecular weight is 430 g/mol. The van der Waals surface area contributed by atoms with Gasteiger partial charge in [-0.3, -0.25) is 9.59 Å². The Morgan fingerprint density at radius 1 is 1.13 bits per heavy atom. The van der Waals surface area contributed by atoms with Crippen LogP contribution >= 0.6 is 0 Å².